The summed E-state index contributed by atoms with van der Waals surface area (Å²) >= 11 is 7.39. The Hall–Kier alpha value is -1.41. The maximum atomic E-state index is 13.1. The van der Waals surface area contributed by atoms with E-state index in [1.54, 1.807) is 18.5 Å². The molecule has 0 bridgehead atoms. The standard InChI is InChI=1S/C16H18ClFN4OS/c17-12-5-9(18)1-4-15(12)24-11-7-20-16(21-8-11)22-14-3-2-10(23)6-13(14)19/h1,4-5,7-8,10,13-14,23H,2-3,6,19H2,(H,20,21,22). The van der Waals surface area contributed by atoms with Gasteiger partial charge in [-0.3, -0.25) is 0 Å². The minimum absolute atomic E-state index is 0.0541. The highest BCUT2D eigenvalue weighted by atomic mass is 35.5. The third-order valence-corrected chi connectivity index (χ3v) is 5.38. The van der Waals surface area contributed by atoms with Crippen LogP contribution in [-0.2, 0) is 0 Å². The fraction of sp³-hybridized carbons (Fsp3) is 0.375. The van der Waals surface area contributed by atoms with Crippen molar-refractivity contribution in [1.29, 1.82) is 0 Å². The first-order chi connectivity index (χ1) is 11.5. The molecule has 1 saturated carbocycles. The molecule has 4 N–H and O–H groups in total. The molecular weight excluding hydrogens is 351 g/mol. The van der Waals surface area contributed by atoms with Gasteiger partial charge in [0, 0.05) is 34.3 Å². The summed E-state index contributed by atoms with van der Waals surface area (Å²) in [6.07, 6.45) is 5.13. The van der Waals surface area contributed by atoms with Gasteiger partial charge >= 0.3 is 0 Å². The number of aliphatic hydroxyl groups excluding tert-OH is 1. The number of rotatable bonds is 4. The molecule has 24 heavy (non-hydrogen) atoms. The Bertz CT molecular complexity index is 703. The van der Waals surface area contributed by atoms with E-state index in [2.05, 4.69) is 15.3 Å². The molecule has 1 aliphatic carbocycles. The number of anilines is 1. The minimum atomic E-state index is -0.367. The van der Waals surface area contributed by atoms with E-state index in [-0.39, 0.29) is 24.0 Å². The molecular formula is C16H18ClFN4OS. The van der Waals surface area contributed by atoms with E-state index < -0.39 is 0 Å². The van der Waals surface area contributed by atoms with Crippen molar-refractivity contribution in [2.24, 2.45) is 5.73 Å². The van der Waals surface area contributed by atoms with E-state index in [0.29, 0.717) is 17.4 Å². The highest BCUT2D eigenvalue weighted by Gasteiger charge is 2.27. The van der Waals surface area contributed by atoms with Crippen LogP contribution in [0.15, 0.2) is 40.4 Å². The predicted octanol–water partition coefficient (Wildman–Crippen LogP) is 3.07. The van der Waals surface area contributed by atoms with Gasteiger partial charge in [0.2, 0.25) is 5.95 Å². The van der Waals surface area contributed by atoms with E-state index >= 15 is 0 Å². The van der Waals surface area contributed by atoms with Gasteiger partial charge in [-0.1, -0.05) is 23.4 Å². The molecule has 3 atom stereocenters. The number of benzene rings is 1. The Labute approximate surface area is 148 Å². The van der Waals surface area contributed by atoms with Crippen molar-refractivity contribution in [2.75, 3.05) is 5.32 Å². The fourth-order valence-electron chi connectivity index (χ4n) is 2.66. The molecule has 1 fully saturated rings. The number of hydrogen-bond donors (Lipinski definition) is 3. The van der Waals surface area contributed by atoms with Gasteiger partial charge in [0.15, 0.2) is 0 Å². The lowest BCUT2D eigenvalue weighted by molar-refractivity contribution is 0.115. The molecule has 0 radical (unpaired) electrons. The van der Waals surface area contributed by atoms with Crippen molar-refractivity contribution < 1.29 is 9.50 Å². The van der Waals surface area contributed by atoms with Crippen molar-refractivity contribution in [3.63, 3.8) is 0 Å². The lowest BCUT2D eigenvalue weighted by Crippen LogP contribution is -2.46. The van der Waals surface area contributed by atoms with E-state index in [0.717, 1.165) is 22.6 Å². The van der Waals surface area contributed by atoms with Crippen LogP contribution in [0.2, 0.25) is 5.02 Å². The number of nitrogens with zero attached hydrogens (tertiary/aromatic N) is 2. The molecule has 128 valence electrons. The van der Waals surface area contributed by atoms with Crippen LogP contribution in [0.3, 0.4) is 0 Å². The molecule has 1 aliphatic rings. The maximum absolute atomic E-state index is 13.1. The molecule has 5 nitrogen and oxygen atoms in total. The lowest BCUT2D eigenvalue weighted by Gasteiger charge is -2.32. The Morgan fingerprint density at radius 1 is 1.29 bits per heavy atom. The highest BCUT2D eigenvalue weighted by molar-refractivity contribution is 7.99. The van der Waals surface area contributed by atoms with Crippen LogP contribution in [0.25, 0.3) is 0 Å². The van der Waals surface area contributed by atoms with Crippen LogP contribution in [0.1, 0.15) is 19.3 Å². The zero-order valence-electron chi connectivity index (χ0n) is 12.8. The molecule has 8 heteroatoms. The van der Waals surface area contributed by atoms with Gasteiger partial charge in [-0.25, -0.2) is 14.4 Å². The van der Waals surface area contributed by atoms with Crippen LogP contribution >= 0.6 is 23.4 Å². The monoisotopic (exact) mass is 368 g/mol. The van der Waals surface area contributed by atoms with E-state index in [4.69, 9.17) is 17.3 Å². The van der Waals surface area contributed by atoms with Crippen molar-refractivity contribution in [2.45, 2.75) is 47.2 Å². The molecule has 0 spiro atoms. The number of halogens is 2. The number of hydrogen-bond acceptors (Lipinski definition) is 6. The number of nitrogens with one attached hydrogen (secondary N) is 1. The molecule has 3 rings (SSSR count). The Morgan fingerprint density at radius 2 is 2.04 bits per heavy atom. The molecule has 1 heterocycles. The van der Waals surface area contributed by atoms with Crippen molar-refractivity contribution in [3.05, 3.63) is 41.4 Å². The summed E-state index contributed by atoms with van der Waals surface area (Å²) in [5.41, 5.74) is 6.05. The second kappa shape index (κ2) is 7.65. The predicted molar refractivity (Wildman–Crippen MR) is 92.8 cm³/mol. The molecule has 2 aromatic rings. The SMILES string of the molecule is NC1CC(O)CCC1Nc1ncc(Sc2ccc(F)cc2Cl)cn1. The summed E-state index contributed by atoms with van der Waals surface area (Å²) in [4.78, 5) is 10.1. The lowest BCUT2D eigenvalue weighted by atomic mass is 9.89. The molecule has 3 unspecified atom stereocenters. The quantitative estimate of drug-likeness (QED) is 0.769. The largest absolute Gasteiger partial charge is 0.393 e. The Kier molecular flexibility index (Phi) is 5.55. The van der Waals surface area contributed by atoms with E-state index in [9.17, 15) is 9.50 Å². The maximum Gasteiger partial charge on any atom is 0.222 e. The molecule has 0 amide bonds. The average Bonchev–Trinajstić information content (AvgIpc) is 2.54. The molecule has 1 aromatic carbocycles. The highest BCUT2D eigenvalue weighted by Crippen LogP contribution is 2.33. The Balaban J connectivity index is 1.63. The summed E-state index contributed by atoms with van der Waals surface area (Å²) in [5, 5.41) is 13.2. The van der Waals surface area contributed by atoms with Crippen molar-refractivity contribution in [3.8, 4) is 0 Å². The average molecular weight is 369 g/mol. The topological polar surface area (TPSA) is 84.1 Å². The summed E-state index contributed by atoms with van der Waals surface area (Å²) < 4.78 is 13.1. The van der Waals surface area contributed by atoms with Gasteiger partial charge in [0.05, 0.1) is 11.1 Å². The van der Waals surface area contributed by atoms with E-state index in [1.165, 1.54) is 23.9 Å². The number of aromatic nitrogens is 2. The van der Waals surface area contributed by atoms with Gasteiger partial charge in [-0.2, -0.15) is 0 Å². The minimum Gasteiger partial charge on any atom is -0.393 e. The third kappa shape index (κ3) is 4.36. The van der Waals surface area contributed by atoms with Crippen LogP contribution in [-0.4, -0.2) is 33.3 Å². The van der Waals surface area contributed by atoms with Crippen LogP contribution in [0.5, 0.6) is 0 Å². The normalized spacial score (nSPS) is 23.9. The molecule has 1 aromatic heterocycles. The number of aliphatic hydroxyl groups is 1. The van der Waals surface area contributed by atoms with E-state index in [1.807, 2.05) is 0 Å². The fourth-order valence-corrected chi connectivity index (χ4v) is 3.70. The summed E-state index contributed by atoms with van der Waals surface area (Å²) in [7, 11) is 0. The smallest absolute Gasteiger partial charge is 0.222 e. The van der Waals surface area contributed by atoms with Crippen molar-refractivity contribution >= 4 is 29.3 Å². The second-order valence-electron chi connectivity index (χ2n) is 5.80. The van der Waals surface area contributed by atoms with Gasteiger partial charge in [0.25, 0.3) is 0 Å². The molecule has 0 saturated heterocycles. The summed E-state index contributed by atoms with van der Waals surface area (Å²) in [6, 6.07) is 4.20. The first kappa shape index (κ1) is 17.4. The first-order valence-electron chi connectivity index (χ1n) is 7.66. The second-order valence-corrected chi connectivity index (χ2v) is 7.32. The van der Waals surface area contributed by atoms with Gasteiger partial charge in [-0.15, -0.1) is 0 Å². The summed E-state index contributed by atoms with van der Waals surface area (Å²) in [5.74, 6) is 0.135. The van der Waals surface area contributed by atoms with Crippen LogP contribution in [0, 0.1) is 5.82 Å². The summed E-state index contributed by atoms with van der Waals surface area (Å²) in [6.45, 7) is 0. The third-order valence-electron chi connectivity index (χ3n) is 3.94. The van der Waals surface area contributed by atoms with Gasteiger partial charge < -0.3 is 16.2 Å². The number of nitrogens with two attached hydrogens (primary N) is 1. The zero-order chi connectivity index (χ0) is 17.1. The van der Waals surface area contributed by atoms with Crippen molar-refractivity contribution in [1.82, 2.24) is 9.97 Å². The first-order valence-corrected chi connectivity index (χ1v) is 8.86. The Morgan fingerprint density at radius 3 is 2.71 bits per heavy atom. The zero-order valence-corrected chi connectivity index (χ0v) is 14.4. The van der Waals surface area contributed by atoms with Crippen LogP contribution < -0.4 is 11.1 Å². The van der Waals surface area contributed by atoms with Gasteiger partial charge in [-0.05, 0) is 37.5 Å². The van der Waals surface area contributed by atoms with Gasteiger partial charge in [0.1, 0.15) is 5.82 Å². The molecule has 0 aliphatic heterocycles. The van der Waals surface area contributed by atoms with Crippen LogP contribution in [0.4, 0.5) is 10.3 Å².